The molecular formula is C22H19F2N5. The number of hydrogen-bond acceptors (Lipinski definition) is 4. The molecule has 146 valence electrons. The van der Waals surface area contributed by atoms with Gasteiger partial charge in [-0.1, -0.05) is 12.1 Å². The highest BCUT2D eigenvalue weighted by Crippen LogP contribution is 2.32. The van der Waals surface area contributed by atoms with Gasteiger partial charge in [-0.3, -0.25) is 15.1 Å². The molecule has 0 saturated carbocycles. The molecule has 0 aliphatic rings. The molecule has 0 aliphatic heterocycles. The molecule has 7 heteroatoms. The molecule has 0 spiro atoms. The molecule has 5 nitrogen and oxygen atoms in total. The Bertz CT molecular complexity index is 1180. The topological polar surface area (TPSA) is 67.3 Å². The number of hydrogen-bond donors (Lipinski definition) is 1. The molecule has 0 radical (unpaired) electrons. The Hall–Kier alpha value is -3.48. The van der Waals surface area contributed by atoms with Crippen LogP contribution in [0.15, 0.2) is 54.6 Å². The van der Waals surface area contributed by atoms with E-state index in [1.165, 1.54) is 6.07 Å². The van der Waals surface area contributed by atoms with Crippen LogP contribution in [-0.2, 0) is 5.41 Å². The lowest BCUT2D eigenvalue weighted by molar-refractivity contribution is 0.514. The first-order chi connectivity index (χ1) is 13.8. The fourth-order valence-corrected chi connectivity index (χ4v) is 3.14. The van der Waals surface area contributed by atoms with Gasteiger partial charge >= 0.3 is 0 Å². The molecule has 0 amide bonds. The summed E-state index contributed by atoms with van der Waals surface area (Å²) in [5.41, 5.74) is 3.97. The number of H-pyrrole nitrogens is 1. The number of nitrogens with zero attached hydrogens (tertiary/aromatic N) is 4. The van der Waals surface area contributed by atoms with Crippen LogP contribution in [-0.4, -0.2) is 25.1 Å². The Morgan fingerprint density at radius 2 is 1.45 bits per heavy atom. The Labute approximate surface area is 166 Å². The van der Waals surface area contributed by atoms with E-state index in [0.29, 0.717) is 11.4 Å². The van der Waals surface area contributed by atoms with Gasteiger partial charge in [0.2, 0.25) is 11.9 Å². The second-order valence-electron chi connectivity index (χ2n) is 7.35. The van der Waals surface area contributed by atoms with Crippen molar-refractivity contribution in [3.05, 3.63) is 83.6 Å². The molecule has 0 aromatic carbocycles. The molecule has 0 bridgehead atoms. The van der Waals surface area contributed by atoms with E-state index in [0.717, 1.165) is 28.8 Å². The van der Waals surface area contributed by atoms with E-state index in [1.807, 2.05) is 51.1 Å². The van der Waals surface area contributed by atoms with Crippen LogP contribution in [0.3, 0.4) is 0 Å². The summed E-state index contributed by atoms with van der Waals surface area (Å²) in [4.78, 5) is 12.7. The van der Waals surface area contributed by atoms with Crippen molar-refractivity contribution in [1.82, 2.24) is 25.1 Å². The zero-order chi connectivity index (χ0) is 20.6. The van der Waals surface area contributed by atoms with Crippen molar-refractivity contribution >= 4 is 0 Å². The number of rotatable bonds is 4. The molecule has 29 heavy (non-hydrogen) atoms. The van der Waals surface area contributed by atoms with Crippen LogP contribution in [0, 0.1) is 18.8 Å². The lowest BCUT2D eigenvalue weighted by Gasteiger charge is -2.24. The minimum absolute atomic E-state index is 0.151. The van der Waals surface area contributed by atoms with Crippen LogP contribution < -0.4 is 0 Å². The summed E-state index contributed by atoms with van der Waals surface area (Å²) in [6.45, 7) is 5.93. The van der Waals surface area contributed by atoms with Crippen molar-refractivity contribution in [1.29, 1.82) is 0 Å². The Kier molecular flexibility index (Phi) is 4.66. The molecule has 4 aromatic rings. The highest BCUT2D eigenvalue weighted by molar-refractivity contribution is 5.59. The second kappa shape index (κ2) is 7.16. The number of nitrogens with one attached hydrogen (secondary N) is 1. The molecule has 0 fully saturated rings. The number of aromatic nitrogens is 5. The predicted octanol–water partition coefficient (Wildman–Crippen LogP) is 4.84. The summed E-state index contributed by atoms with van der Waals surface area (Å²) >= 11 is 0. The Balaban J connectivity index is 1.74. The number of aryl methyl sites for hydroxylation is 1. The third-order valence-corrected chi connectivity index (χ3v) is 4.84. The van der Waals surface area contributed by atoms with Crippen molar-refractivity contribution in [2.45, 2.75) is 26.2 Å². The van der Waals surface area contributed by atoms with Crippen molar-refractivity contribution < 1.29 is 8.78 Å². The second-order valence-corrected chi connectivity index (χ2v) is 7.35. The third kappa shape index (κ3) is 3.63. The highest BCUT2D eigenvalue weighted by atomic mass is 19.1. The van der Waals surface area contributed by atoms with Gasteiger partial charge in [0.05, 0.1) is 28.3 Å². The minimum Gasteiger partial charge on any atom is -0.282 e. The van der Waals surface area contributed by atoms with Gasteiger partial charge in [0.15, 0.2) is 0 Å². The zero-order valence-corrected chi connectivity index (χ0v) is 16.2. The summed E-state index contributed by atoms with van der Waals surface area (Å²) in [7, 11) is 0. The van der Waals surface area contributed by atoms with E-state index < -0.39 is 17.3 Å². The first-order valence-corrected chi connectivity index (χ1v) is 9.14. The Morgan fingerprint density at radius 3 is 2.07 bits per heavy atom. The summed E-state index contributed by atoms with van der Waals surface area (Å²) < 4.78 is 27.3. The zero-order valence-electron chi connectivity index (χ0n) is 16.2. The summed E-state index contributed by atoms with van der Waals surface area (Å²) in [6, 6.07) is 15.5. The van der Waals surface area contributed by atoms with Crippen LogP contribution in [0.4, 0.5) is 8.78 Å². The number of pyridine rings is 3. The van der Waals surface area contributed by atoms with Crippen LogP contribution in [0.25, 0.3) is 22.6 Å². The largest absolute Gasteiger partial charge is 0.282 e. The van der Waals surface area contributed by atoms with Gasteiger partial charge < -0.3 is 0 Å². The minimum atomic E-state index is -0.888. The van der Waals surface area contributed by atoms with Gasteiger partial charge in [-0.05, 0) is 63.2 Å². The molecule has 0 aliphatic carbocycles. The van der Waals surface area contributed by atoms with Gasteiger partial charge in [-0.2, -0.15) is 18.9 Å². The van der Waals surface area contributed by atoms with Gasteiger partial charge in [-0.15, -0.1) is 0 Å². The monoisotopic (exact) mass is 391 g/mol. The van der Waals surface area contributed by atoms with Gasteiger partial charge in [-0.25, -0.2) is 0 Å². The van der Waals surface area contributed by atoms with Crippen LogP contribution >= 0.6 is 0 Å². The fourth-order valence-electron chi connectivity index (χ4n) is 3.14. The van der Waals surface area contributed by atoms with E-state index in [9.17, 15) is 8.78 Å². The summed E-state index contributed by atoms with van der Waals surface area (Å²) in [5.74, 6) is -1.75. The maximum atomic E-state index is 14.1. The third-order valence-electron chi connectivity index (χ3n) is 4.84. The van der Waals surface area contributed by atoms with Gasteiger partial charge in [0.1, 0.15) is 5.69 Å². The normalized spacial score (nSPS) is 11.6. The summed E-state index contributed by atoms with van der Waals surface area (Å²) in [6.07, 6.45) is 0. The highest BCUT2D eigenvalue weighted by Gasteiger charge is 2.27. The maximum Gasteiger partial charge on any atom is 0.224 e. The van der Waals surface area contributed by atoms with Crippen LogP contribution in [0.5, 0.6) is 0 Å². The van der Waals surface area contributed by atoms with Crippen molar-refractivity contribution in [3.63, 3.8) is 0 Å². The van der Waals surface area contributed by atoms with E-state index in [1.54, 1.807) is 12.1 Å². The predicted molar refractivity (Wildman–Crippen MR) is 106 cm³/mol. The molecule has 4 aromatic heterocycles. The smallest absolute Gasteiger partial charge is 0.224 e. The fraction of sp³-hybridized carbons (Fsp3) is 0.182. The molecule has 0 saturated heterocycles. The van der Waals surface area contributed by atoms with E-state index in [4.69, 9.17) is 4.98 Å². The van der Waals surface area contributed by atoms with Gasteiger partial charge in [0.25, 0.3) is 0 Å². The molecule has 4 rings (SSSR count). The first-order valence-electron chi connectivity index (χ1n) is 9.14. The molecular weight excluding hydrogens is 372 g/mol. The number of halogens is 2. The standard InChI is InChI=1S/C22H19F2N5/c1-13-12-17(29-28-13)16-7-5-9-19(26-16)22(2,3)18-8-4-6-15(25-18)14-10-11-20(23)27-21(14)24/h4-12H,1-3H3,(H,28,29). The SMILES string of the molecule is Cc1cc(-c2cccc(C(C)(C)c3cccc(-c4ccc(F)nc4F)n3)n2)n[nH]1. The van der Waals surface area contributed by atoms with Crippen molar-refractivity contribution in [2.24, 2.45) is 0 Å². The molecule has 1 N–H and O–H groups in total. The Morgan fingerprint density at radius 1 is 0.793 bits per heavy atom. The van der Waals surface area contributed by atoms with Crippen molar-refractivity contribution in [3.8, 4) is 22.6 Å². The first kappa shape index (κ1) is 18.9. The number of aromatic amines is 1. The quantitative estimate of drug-likeness (QED) is 0.506. The van der Waals surface area contributed by atoms with Crippen molar-refractivity contribution in [2.75, 3.05) is 0 Å². The van der Waals surface area contributed by atoms with E-state index in [2.05, 4.69) is 20.2 Å². The lowest BCUT2D eigenvalue weighted by atomic mass is 9.84. The summed E-state index contributed by atoms with van der Waals surface area (Å²) in [5, 5.41) is 7.19. The molecule has 0 unspecified atom stereocenters. The average Bonchev–Trinajstić information content (AvgIpc) is 3.14. The van der Waals surface area contributed by atoms with Crippen LogP contribution in [0.2, 0.25) is 0 Å². The maximum absolute atomic E-state index is 14.1. The van der Waals surface area contributed by atoms with E-state index in [-0.39, 0.29) is 5.56 Å². The van der Waals surface area contributed by atoms with E-state index >= 15 is 0 Å². The molecule has 0 atom stereocenters. The average molecular weight is 391 g/mol. The van der Waals surface area contributed by atoms with Crippen LogP contribution in [0.1, 0.15) is 30.9 Å². The lowest BCUT2D eigenvalue weighted by Crippen LogP contribution is -2.22. The molecule has 4 heterocycles. The van der Waals surface area contributed by atoms with Gasteiger partial charge in [0, 0.05) is 11.1 Å².